The Bertz CT molecular complexity index is 342. The van der Waals surface area contributed by atoms with E-state index in [1.165, 1.54) is 0 Å². The zero-order valence-electron chi connectivity index (χ0n) is 8.90. The van der Waals surface area contributed by atoms with Crippen molar-refractivity contribution in [2.75, 3.05) is 6.61 Å². The van der Waals surface area contributed by atoms with E-state index in [1.807, 2.05) is 18.2 Å². The van der Waals surface area contributed by atoms with Gasteiger partial charge >= 0.3 is 0 Å². The van der Waals surface area contributed by atoms with Crippen molar-refractivity contribution in [1.82, 2.24) is 0 Å². The van der Waals surface area contributed by atoms with Crippen LogP contribution >= 0.6 is 0 Å². The third kappa shape index (κ3) is 2.32. The van der Waals surface area contributed by atoms with E-state index in [4.69, 9.17) is 10.5 Å². The standard InChI is InChI=1S/C12H15F2NO/c13-12(14)7-6-9(11(12)15)8-16-10-4-2-1-3-5-10/h1-5,9,11H,6-8,15H2. The van der Waals surface area contributed by atoms with Gasteiger partial charge in [-0.05, 0) is 18.6 Å². The molecule has 0 heterocycles. The second-order valence-corrected chi connectivity index (χ2v) is 4.21. The molecule has 0 bridgehead atoms. The fourth-order valence-electron chi connectivity index (χ4n) is 1.98. The SMILES string of the molecule is NC1C(COc2ccccc2)CCC1(F)F. The van der Waals surface area contributed by atoms with Crippen LogP contribution in [0.15, 0.2) is 30.3 Å². The molecule has 2 rings (SSSR count). The monoisotopic (exact) mass is 227 g/mol. The molecule has 0 spiro atoms. The largest absolute Gasteiger partial charge is 0.493 e. The highest BCUT2D eigenvalue weighted by atomic mass is 19.3. The smallest absolute Gasteiger partial charge is 0.263 e. The van der Waals surface area contributed by atoms with Crippen LogP contribution in [0.5, 0.6) is 5.75 Å². The van der Waals surface area contributed by atoms with Gasteiger partial charge in [0, 0.05) is 12.3 Å². The maximum absolute atomic E-state index is 13.1. The van der Waals surface area contributed by atoms with Gasteiger partial charge < -0.3 is 10.5 Å². The summed E-state index contributed by atoms with van der Waals surface area (Å²) in [4.78, 5) is 0. The third-order valence-corrected chi connectivity index (χ3v) is 3.05. The van der Waals surface area contributed by atoms with Gasteiger partial charge in [0.05, 0.1) is 12.6 Å². The Kier molecular flexibility index (Phi) is 3.10. The minimum Gasteiger partial charge on any atom is -0.493 e. The summed E-state index contributed by atoms with van der Waals surface area (Å²) in [5.41, 5.74) is 5.49. The molecular formula is C12H15F2NO. The van der Waals surface area contributed by atoms with Crippen LogP contribution in [0.3, 0.4) is 0 Å². The summed E-state index contributed by atoms with van der Waals surface area (Å²) in [5.74, 6) is -2.29. The number of alkyl halides is 2. The van der Waals surface area contributed by atoms with Crippen LogP contribution in [-0.2, 0) is 0 Å². The van der Waals surface area contributed by atoms with Crippen molar-refractivity contribution in [3.8, 4) is 5.75 Å². The van der Waals surface area contributed by atoms with Crippen LogP contribution in [0.2, 0.25) is 0 Å². The maximum Gasteiger partial charge on any atom is 0.263 e. The first-order valence-electron chi connectivity index (χ1n) is 5.41. The second kappa shape index (κ2) is 4.37. The molecule has 2 N–H and O–H groups in total. The summed E-state index contributed by atoms with van der Waals surface area (Å²) in [6.07, 6.45) is 0.304. The maximum atomic E-state index is 13.1. The summed E-state index contributed by atoms with van der Waals surface area (Å²) in [7, 11) is 0. The van der Waals surface area contributed by atoms with Crippen LogP contribution in [0.1, 0.15) is 12.8 Å². The van der Waals surface area contributed by atoms with Gasteiger partial charge in [-0.15, -0.1) is 0 Å². The number of hydrogen-bond acceptors (Lipinski definition) is 2. The molecule has 1 aromatic carbocycles. The van der Waals surface area contributed by atoms with Crippen LogP contribution in [0.25, 0.3) is 0 Å². The van der Waals surface area contributed by atoms with E-state index in [9.17, 15) is 8.78 Å². The molecule has 1 aromatic rings. The predicted molar refractivity (Wildman–Crippen MR) is 57.6 cm³/mol. The number of rotatable bonds is 3. The number of ether oxygens (including phenoxy) is 1. The van der Waals surface area contributed by atoms with Crippen molar-refractivity contribution >= 4 is 0 Å². The summed E-state index contributed by atoms with van der Waals surface area (Å²) in [5, 5.41) is 0. The summed E-state index contributed by atoms with van der Waals surface area (Å²) in [6.45, 7) is 0.265. The molecule has 16 heavy (non-hydrogen) atoms. The van der Waals surface area contributed by atoms with Gasteiger partial charge in [0.1, 0.15) is 5.75 Å². The third-order valence-electron chi connectivity index (χ3n) is 3.05. The Balaban J connectivity index is 1.88. The average molecular weight is 227 g/mol. The number of halogens is 2. The van der Waals surface area contributed by atoms with Crippen molar-refractivity contribution in [3.05, 3.63) is 30.3 Å². The van der Waals surface area contributed by atoms with E-state index in [-0.39, 0.29) is 18.9 Å². The van der Waals surface area contributed by atoms with Gasteiger partial charge in [-0.3, -0.25) is 0 Å². The molecule has 1 aliphatic rings. The Morgan fingerprint density at radius 3 is 2.56 bits per heavy atom. The Hall–Kier alpha value is -1.16. The molecular weight excluding hydrogens is 212 g/mol. The first-order chi connectivity index (χ1) is 7.59. The highest BCUT2D eigenvalue weighted by Gasteiger charge is 2.47. The van der Waals surface area contributed by atoms with Crippen molar-refractivity contribution < 1.29 is 13.5 Å². The zero-order chi connectivity index (χ0) is 11.6. The van der Waals surface area contributed by atoms with Crippen molar-refractivity contribution in [2.24, 2.45) is 11.7 Å². The fourth-order valence-corrected chi connectivity index (χ4v) is 1.98. The minimum absolute atomic E-state index is 0.128. The average Bonchev–Trinajstić information content (AvgIpc) is 2.54. The number of hydrogen-bond donors (Lipinski definition) is 1. The Morgan fingerprint density at radius 2 is 2.00 bits per heavy atom. The van der Waals surface area contributed by atoms with E-state index in [2.05, 4.69) is 0 Å². The molecule has 88 valence electrons. The first kappa shape index (κ1) is 11.3. The second-order valence-electron chi connectivity index (χ2n) is 4.21. The van der Waals surface area contributed by atoms with Gasteiger partial charge in [-0.1, -0.05) is 18.2 Å². The number of para-hydroxylation sites is 1. The molecule has 2 nitrogen and oxygen atoms in total. The van der Waals surface area contributed by atoms with Gasteiger partial charge in [0.25, 0.3) is 5.92 Å². The lowest BCUT2D eigenvalue weighted by atomic mass is 10.1. The molecule has 1 aliphatic carbocycles. The lowest BCUT2D eigenvalue weighted by Crippen LogP contribution is -2.41. The lowest BCUT2D eigenvalue weighted by molar-refractivity contribution is -0.0150. The minimum atomic E-state index is -2.73. The zero-order valence-corrected chi connectivity index (χ0v) is 8.90. The van der Waals surface area contributed by atoms with E-state index < -0.39 is 12.0 Å². The topological polar surface area (TPSA) is 35.2 Å². The van der Waals surface area contributed by atoms with Gasteiger partial charge in [-0.25, -0.2) is 8.78 Å². The fraction of sp³-hybridized carbons (Fsp3) is 0.500. The quantitative estimate of drug-likeness (QED) is 0.860. The van der Waals surface area contributed by atoms with E-state index in [0.29, 0.717) is 12.2 Å². The predicted octanol–water partition coefficient (Wildman–Crippen LogP) is 2.44. The Labute approximate surface area is 93.4 Å². The molecule has 0 radical (unpaired) electrons. The molecule has 0 amide bonds. The number of benzene rings is 1. The van der Waals surface area contributed by atoms with E-state index in [0.717, 1.165) is 0 Å². The van der Waals surface area contributed by atoms with Crippen molar-refractivity contribution in [1.29, 1.82) is 0 Å². The molecule has 1 fully saturated rings. The van der Waals surface area contributed by atoms with Crippen LogP contribution < -0.4 is 10.5 Å². The number of nitrogens with two attached hydrogens (primary N) is 1. The highest BCUT2D eigenvalue weighted by Crippen LogP contribution is 2.38. The summed E-state index contributed by atoms with van der Waals surface area (Å²) >= 11 is 0. The van der Waals surface area contributed by atoms with Gasteiger partial charge in [0.15, 0.2) is 0 Å². The van der Waals surface area contributed by atoms with Gasteiger partial charge in [0.2, 0.25) is 0 Å². The van der Waals surface area contributed by atoms with Crippen LogP contribution in [-0.4, -0.2) is 18.6 Å². The van der Waals surface area contributed by atoms with Gasteiger partial charge in [-0.2, -0.15) is 0 Å². The molecule has 2 atom stereocenters. The summed E-state index contributed by atoms with van der Waals surface area (Å²) < 4.78 is 31.7. The molecule has 2 unspecified atom stereocenters. The van der Waals surface area contributed by atoms with Crippen molar-refractivity contribution in [2.45, 2.75) is 24.8 Å². The van der Waals surface area contributed by atoms with E-state index >= 15 is 0 Å². The molecule has 0 saturated heterocycles. The molecule has 1 saturated carbocycles. The van der Waals surface area contributed by atoms with Crippen molar-refractivity contribution in [3.63, 3.8) is 0 Å². The highest BCUT2D eigenvalue weighted by molar-refractivity contribution is 5.21. The summed E-state index contributed by atoms with van der Waals surface area (Å²) in [6, 6.07) is 8.10. The first-order valence-corrected chi connectivity index (χ1v) is 5.41. The molecule has 0 aliphatic heterocycles. The van der Waals surface area contributed by atoms with Crippen LogP contribution in [0.4, 0.5) is 8.78 Å². The normalized spacial score (nSPS) is 27.9. The Morgan fingerprint density at radius 1 is 1.31 bits per heavy atom. The van der Waals surface area contributed by atoms with Crippen LogP contribution in [0, 0.1) is 5.92 Å². The molecule has 0 aromatic heterocycles. The van der Waals surface area contributed by atoms with E-state index in [1.54, 1.807) is 12.1 Å². The molecule has 4 heteroatoms. The lowest BCUT2D eigenvalue weighted by Gasteiger charge is -2.20.